The maximum Gasteiger partial charge on any atom is 0.277 e. The molecule has 0 aliphatic carbocycles. The first kappa shape index (κ1) is 19.5. The summed E-state index contributed by atoms with van der Waals surface area (Å²) < 4.78 is 0. The molecule has 3 rings (SSSR count). The summed E-state index contributed by atoms with van der Waals surface area (Å²) in [6, 6.07) is 17.7. The number of nitrogens with one attached hydrogen (secondary N) is 1. The number of hydrogen-bond donors (Lipinski definition) is 1. The number of carbonyl (C=O) groups is 1. The van der Waals surface area contributed by atoms with E-state index in [0.717, 1.165) is 29.1 Å². The van der Waals surface area contributed by atoms with Crippen LogP contribution in [0.1, 0.15) is 41.2 Å². The highest BCUT2D eigenvalue weighted by Gasteiger charge is 2.19. The molecular formula is C23H26N4O. The van der Waals surface area contributed by atoms with E-state index >= 15 is 0 Å². The monoisotopic (exact) mass is 374 g/mol. The van der Waals surface area contributed by atoms with Crippen LogP contribution in [0.5, 0.6) is 0 Å². The largest absolute Gasteiger partial charge is 0.324 e. The lowest BCUT2D eigenvalue weighted by Crippen LogP contribution is -2.31. The van der Waals surface area contributed by atoms with Gasteiger partial charge in [-0.05, 0) is 62.6 Å². The predicted octanol–water partition coefficient (Wildman–Crippen LogP) is 5.07. The number of nitrogens with zero attached hydrogens (tertiary/aromatic N) is 3. The first-order chi connectivity index (χ1) is 13.5. The Bertz CT molecular complexity index is 984. The molecule has 0 fully saturated rings. The van der Waals surface area contributed by atoms with E-state index in [-0.39, 0.29) is 5.91 Å². The van der Waals surface area contributed by atoms with Crippen molar-refractivity contribution >= 4 is 23.2 Å². The van der Waals surface area contributed by atoms with Gasteiger partial charge >= 0.3 is 0 Å². The van der Waals surface area contributed by atoms with Crippen LogP contribution in [0, 0.1) is 13.8 Å². The number of benzene rings is 2. The number of hydrogen-bond acceptors (Lipinski definition) is 4. The second kappa shape index (κ2) is 8.65. The minimum atomic E-state index is -0.134. The Morgan fingerprint density at radius 1 is 1.00 bits per heavy atom. The Morgan fingerprint density at radius 2 is 1.79 bits per heavy atom. The number of para-hydroxylation sites is 1. The summed E-state index contributed by atoms with van der Waals surface area (Å²) in [6.07, 6.45) is 0.901. The quantitative estimate of drug-likeness (QED) is 0.655. The Balaban J connectivity index is 1.93. The molecule has 0 aliphatic rings. The van der Waals surface area contributed by atoms with Gasteiger partial charge in [-0.2, -0.15) is 0 Å². The van der Waals surface area contributed by atoms with Crippen LogP contribution < -0.4 is 10.2 Å². The molecule has 0 atom stereocenters. The third-order valence-electron chi connectivity index (χ3n) is 4.59. The molecule has 3 aromatic rings. The van der Waals surface area contributed by atoms with E-state index in [1.807, 2.05) is 63.2 Å². The third-order valence-corrected chi connectivity index (χ3v) is 4.59. The molecule has 0 radical (unpaired) electrons. The second-order valence-electron chi connectivity index (χ2n) is 6.74. The van der Waals surface area contributed by atoms with Crippen LogP contribution in [-0.2, 0) is 6.42 Å². The number of carbonyl (C=O) groups excluding carboxylic acids is 1. The fourth-order valence-electron chi connectivity index (χ4n) is 3.18. The average Bonchev–Trinajstić information content (AvgIpc) is 2.68. The standard InChI is InChI=1S/C23H26N4O/c1-5-18-11-7-8-13-20(18)25-23-24-17(4)15-21(26-23)22(28)27(6-2)19-12-9-10-16(3)14-19/h7-15H,5-6H2,1-4H3,(H,24,25,26). The van der Waals surface area contributed by atoms with Crippen molar-refractivity contribution < 1.29 is 4.79 Å². The number of anilines is 3. The highest BCUT2D eigenvalue weighted by Crippen LogP contribution is 2.21. The van der Waals surface area contributed by atoms with Crippen molar-refractivity contribution in [1.29, 1.82) is 0 Å². The number of amides is 1. The van der Waals surface area contributed by atoms with Crippen LogP contribution in [0.25, 0.3) is 0 Å². The van der Waals surface area contributed by atoms with Gasteiger partial charge in [-0.3, -0.25) is 4.79 Å². The average molecular weight is 374 g/mol. The molecule has 0 unspecified atom stereocenters. The molecule has 5 heteroatoms. The summed E-state index contributed by atoms with van der Waals surface area (Å²) in [5, 5.41) is 3.27. The van der Waals surface area contributed by atoms with Crippen LogP contribution in [0.2, 0.25) is 0 Å². The van der Waals surface area contributed by atoms with Crippen molar-refractivity contribution in [1.82, 2.24) is 9.97 Å². The summed E-state index contributed by atoms with van der Waals surface area (Å²) in [5.41, 5.74) is 5.24. The van der Waals surface area contributed by atoms with Crippen LogP contribution in [0.15, 0.2) is 54.6 Å². The zero-order valence-corrected chi connectivity index (χ0v) is 16.9. The van der Waals surface area contributed by atoms with Gasteiger partial charge in [0.25, 0.3) is 5.91 Å². The van der Waals surface area contributed by atoms with Crippen molar-refractivity contribution in [2.24, 2.45) is 0 Å². The molecule has 1 aromatic heterocycles. The highest BCUT2D eigenvalue weighted by atomic mass is 16.2. The first-order valence-electron chi connectivity index (χ1n) is 9.61. The SMILES string of the molecule is CCc1ccccc1Nc1nc(C)cc(C(=O)N(CC)c2cccc(C)c2)n1. The van der Waals surface area contributed by atoms with Gasteiger partial charge in [0.1, 0.15) is 5.69 Å². The number of aryl methyl sites for hydroxylation is 3. The molecule has 0 bridgehead atoms. The minimum Gasteiger partial charge on any atom is -0.324 e. The van der Waals surface area contributed by atoms with Crippen LogP contribution >= 0.6 is 0 Å². The van der Waals surface area contributed by atoms with Gasteiger partial charge in [0.05, 0.1) is 0 Å². The molecule has 0 saturated heterocycles. The van der Waals surface area contributed by atoms with E-state index < -0.39 is 0 Å². The number of aromatic nitrogens is 2. The van der Waals surface area contributed by atoms with Gasteiger partial charge in [-0.15, -0.1) is 0 Å². The molecule has 1 amide bonds. The minimum absolute atomic E-state index is 0.134. The predicted molar refractivity (Wildman–Crippen MR) is 114 cm³/mol. The van der Waals surface area contributed by atoms with E-state index in [1.165, 1.54) is 5.56 Å². The van der Waals surface area contributed by atoms with Gasteiger partial charge in [-0.25, -0.2) is 9.97 Å². The smallest absolute Gasteiger partial charge is 0.277 e. The summed E-state index contributed by atoms with van der Waals surface area (Å²) >= 11 is 0. The molecule has 144 valence electrons. The van der Waals surface area contributed by atoms with Gasteiger partial charge in [0.15, 0.2) is 0 Å². The number of rotatable bonds is 6. The highest BCUT2D eigenvalue weighted by molar-refractivity contribution is 6.05. The fourth-order valence-corrected chi connectivity index (χ4v) is 3.18. The Hall–Kier alpha value is -3.21. The van der Waals surface area contributed by atoms with Crippen molar-refractivity contribution in [2.75, 3.05) is 16.8 Å². The van der Waals surface area contributed by atoms with Crippen LogP contribution in [-0.4, -0.2) is 22.4 Å². The Labute approximate surface area is 166 Å². The van der Waals surface area contributed by atoms with Gasteiger partial charge < -0.3 is 10.2 Å². The zero-order chi connectivity index (χ0) is 20.1. The van der Waals surface area contributed by atoms with Crippen molar-refractivity contribution in [3.05, 3.63) is 77.1 Å². The molecule has 1 N–H and O–H groups in total. The molecule has 0 saturated carbocycles. The van der Waals surface area contributed by atoms with Gasteiger partial charge in [0.2, 0.25) is 5.95 Å². The topological polar surface area (TPSA) is 58.1 Å². The Morgan fingerprint density at radius 3 is 2.50 bits per heavy atom. The van der Waals surface area contributed by atoms with E-state index in [9.17, 15) is 4.79 Å². The van der Waals surface area contributed by atoms with E-state index in [2.05, 4.69) is 28.3 Å². The Kier molecular flexibility index (Phi) is 6.04. The molecule has 0 spiro atoms. The van der Waals surface area contributed by atoms with Crippen molar-refractivity contribution in [3.63, 3.8) is 0 Å². The normalized spacial score (nSPS) is 10.6. The molecule has 5 nitrogen and oxygen atoms in total. The van der Waals surface area contributed by atoms with Crippen LogP contribution in [0.3, 0.4) is 0 Å². The summed E-state index contributed by atoms with van der Waals surface area (Å²) in [6.45, 7) is 8.52. The summed E-state index contributed by atoms with van der Waals surface area (Å²) in [7, 11) is 0. The first-order valence-corrected chi connectivity index (χ1v) is 9.61. The zero-order valence-electron chi connectivity index (χ0n) is 16.9. The fraction of sp³-hybridized carbons (Fsp3) is 0.261. The lowest BCUT2D eigenvalue weighted by atomic mass is 10.1. The second-order valence-corrected chi connectivity index (χ2v) is 6.74. The maximum absolute atomic E-state index is 13.2. The third kappa shape index (κ3) is 4.36. The lowest BCUT2D eigenvalue weighted by molar-refractivity contribution is 0.0983. The molecular weight excluding hydrogens is 348 g/mol. The van der Waals surface area contributed by atoms with Gasteiger partial charge in [0, 0.05) is 23.6 Å². The summed E-state index contributed by atoms with van der Waals surface area (Å²) in [4.78, 5) is 23.9. The van der Waals surface area contributed by atoms with Crippen molar-refractivity contribution in [3.8, 4) is 0 Å². The maximum atomic E-state index is 13.2. The molecule has 2 aromatic carbocycles. The molecule has 0 aliphatic heterocycles. The molecule has 1 heterocycles. The van der Waals surface area contributed by atoms with E-state index in [0.29, 0.717) is 18.2 Å². The van der Waals surface area contributed by atoms with Crippen molar-refractivity contribution in [2.45, 2.75) is 34.1 Å². The molecule has 28 heavy (non-hydrogen) atoms. The van der Waals surface area contributed by atoms with Gasteiger partial charge in [-0.1, -0.05) is 37.3 Å². The summed E-state index contributed by atoms with van der Waals surface area (Å²) in [5.74, 6) is 0.301. The van der Waals surface area contributed by atoms with E-state index in [1.54, 1.807) is 11.0 Å². The van der Waals surface area contributed by atoms with Crippen LogP contribution in [0.4, 0.5) is 17.3 Å². The van der Waals surface area contributed by atoms with E-state index in [4.69, 9.17) is 0 Å². The lowest BCUT2D eigenvalue weighted by Gasteiger charge is -2.21.